The lowest BCUT2D eigenvalue weighted by atomic mass is 10.1. The highest BCUT2D eigenvalue weighted by atomic mass is 32.2. The number of nitriles is 1. The van der Waals surface area contributed by atoms with E-state index in [1.165, 1.54) is 0 Å². The van der Waals surface area contributed by atoms with Crippen LogP contribution < -0.4 is 4.74 Å². The molecule has 16 heavy (non-hydrogen) atoms. The molecule has 0 saturated heterocycles. The van der Waals surface area contributed by atoms with E-state index in [2.05, 4.69) is 6.07 Å². The Balaban J connectivity index is 3.01. The van der Waals surface area contributed by atoms with Gasteiger partial charge in [-0.05, 0) is 18.2 Å². The minimum atomic E-state index is -0.934. The molecule has 0 saturated carbocycles. The van der Waals surface area contributed by atoms with E-state index in [0.29, 0.717) is 17.1 Å². The molecule has 0 aliphatic carbocycles. The molecule has 1 atom stereocenters. The largest absolute Gasteiger partial charge is 0.496 e. The fourth-order valence-electron chi connectivity index (χ4n) is 1.28. The average Bonchev–Trinajstić information content (AvgIpc) is 2.28. The Morgan fingerprint density at radius 3 is 2.69 bits per heavy atom. The minimum Gasteiger partial charge on any atom is -0.496 e. The summed E-state index contributed by atoms with van der Waals surface area (Å²) in [6.07, 6.45) is 0. The van der Waals surface area contributed by atoms with Crippen molar-refractivity contribution in [2.75, 3.05) is 7.11 Å². The monoisotopic (exact) mass is 237 g/mol. The van der Waals surface area contributed by atoms with Crippen LogP contribution in [0.5, 0.6) is 5.75 Å². The molecule has 0 spiro atoms. The number of benzene rings is 1. The number of nitrogens with zero attached hydrogens (tertiary/aromatic N) is 1. The van der Waals surface area contributed by atoms with Gasteiger partial charge in [-0.1, -0.05) is 13.8 Å². The predicted octanol–water partition coefficient (Wildman–Crippen LogP) is 2.22. The quantitative estimate of drug-likeness (QED) is 0.806. The summed E-state index contributed by atoms with van der Waals surface area (Å²) in [6, 6.07) is 7.24. The molecular weight excluding hydrogens is 222 g/mol. The second-order valence-electron chi connectivity index (χ2n) is 3.71. The van der Waals surface area contributed by atoms with Crippen molar-refractivity contribution >= 4 is 10.8 Å². The van der Waals surface area contributed by atoms with Crippen LogP contribution in [0.2, 0.25) is 0 Å². The third kappa shape index (κ3) is 3.07. The van der Waals surface area contributed by atoms with Crippen molar-refractivity contribution in [2.45, 2.75) is 24.9 Å². The van der Waals surface area contributed by atoms with Crippen molar-refractivity contribution in [3.63, 3.8) is 0 Å². The van der Waals surface area contributed by atoms with Gasteiger partial charge in [-0.25, -0.2) is 0 Å². The maximum atomic E-state index is 11.8. The maximum Gasteiger partial charge on any atom is 0.123 e. The first-order valence-electron chi connectivity index (χ1n) is 5.02. The van der Waals surface area contributed by atoms with Gasteiger partial charge in [0.25, 0.3) is 0 Å². The lowest BCUT2D eigenvalue weighted by Crippen LogP contribution is -2.09. The molecule has 3 nitrogen and oxygen atoms in total. The molecule has 4 heteroatoms. The molecule has 0 N–H and O–H groups in total. The van der Waals surface area contributed by atoms with Gasteiger partial charge in [0.2, 0.25) is 0 Å². The van der Waals surface area contributed by atoms with Crippen LogP contribution in [0, 0.1) is 11.3 Å². The highest BCUT2D eigenvalue weighted by Gasteiger charge is 2.11. The van der Waals surface area contributed by atoms with Gasteiger partial charge < -0.3 is 4.74 Å². The van der Waals surface area contributed by atoms with Crippen molar-refractivity contribution in [3.8, 4) is 11.8 Å². The normalized spacial score (nSPS) is 12.2. The number of hydrogen-bond acceptors (Lipinski definition) is 3. The van der Waals surface area contributed by atoms with Gasteiger partial charge in [0.05, 0.1) is 24.5 Å². The summed E-state index contributed by atoms with van der Waals surface area (Å²) >= 11 is 0. The van der Waals surface area contributed by atoms with Crippen molar-refractivity contribution in [1.82, 2.24) is 0 Å². The van der Waals surface area contributed by atoms with Gasteiger partial charge in [-0.2, -0.15) is 5.26 Å². The molecule has 0 fully saturated rings. The summed E-state index contributed by atoms with van der Waals surface area (Å²) in [5.41, 5.74) is 1.39. The fraction of sp³-hybridized carbons (Fsp3) is 0.417. The van der Waals surface area contributed by atoms with E-state index in [1.807, 2.05) is 13.8 Å². The van der Waals surface area contributed by atoms with Crippen molar-refractivity contribution in [3.05, 3.63) is 29.3 Å². The zero-order chi connectivity index (χ0) is 12.1. The average molecular weight is 237 g/mol. The first kappa shape index (κ1) is 12.7. The Labute approximate surface area is 98.5 Å². The fourth-order valence-corrected chi connectivity index (χ4v) is 2.15. The molecule has 1 rings (SSSR count). The van der Waals surface area contributed by atoms with E-state index >= 15 is 0 Å². The second kappa shape index (κ2) is 5.66. The lowest BCUT2D eigenvalue weighted by molar-refractivity contribution is 0.411. The Morgan fingerprint density at radius 1 is 1.50 bits per heavy atom. The Kier molecular flexibility index (Phi) is 4.51. The van der Waals surface area contributed by atoms with Crippen LogP contribution >= 0.6 is 0 Å². The third-order valence-corrected chi connectivity index (χ3v) is 3.88. The number of rotatable bonds is 4. The van der Waals surface area contributed by atoms with Crippen molar-refractivity contribution < 1.29 is 8.95 Å². The molecular formula is C12H15NO2S. The summed E-state index contributed by atoms with van der Waals surface area (Å²) in [5, 5.41) is 8.91. The van der Waals surface area contributed by atoms with Crippen LogP contribution in [0.25, 0.3) is 0 Å². The van der Waals surface area contributed by atoms with E-state index < -0.39 is 10.8 Å². The van der Waals surface area contributed by atoms with Crippen molar-refractivity contribution in [1.29, 1.82) is 5.26 Å². The summed E-state index contributed by atoms with van der Waals surface area (Å²) in [5.74, 6) is 1.11. The van der Waals surface area contributed by atoms with E-state index in [4.69, 9.17) is 10.00 Å². The molecule has 0 radical (unpaired) electrons. The molecule has 0 aliphatic heterocycles. The molecule has 0 aromatic heterocycles. The molecule has 1 unspecified atom stereocenters. The van der Waals surface area contributed by atoms with E-state index in [1.54, 1.807) is 25.3 Å². The Morgan fingerprint density at radius 2 is 2.19 bits per heavy atom. The minimum absolute atomic E-state index is 0.107. The van der Waals surface area contributed by atoms with E-state index in [-0.39, 0.29) is 5.25 Å². The van der Waals surface area contributed by atoms with Crippen LogP contribution in [-0.2, 0) is 16.6 Å². The van der Waals surface area contributed by atoms with Crippen LogP contribution in [0.3, 0.4) is 0 Å². The zero-order valence-electron chi connectivity index (χ0n) is 9.69. The van der Waals surface area contributed by atoms with Crippen LogP contribution in [0.1, 0.15) is 25.0 Å². The summed E-state index contributed by atoms with van der Waals surface area (Å²) in [4.78, 5) is 0. The topological polar surface area (TPSA) is 50.1 Å². The number of ether oxygens (including phenoxy) is 1. The van der Waals surface area contributed by atoms with E-state index in [0.717, 1.165) is 5.56 Å². The molecule has 0 bridgehead atoms. The predicted molar refractivity (Wildman–Crippen MR) is 64.7 cm³/mol. The van der Waals surface area contributed by atoms with Gasteiger partial charge in [0, 0.05) is 21.6 Å². The SMILES string of the molecule is COc1ccc(C#N)cc1CS(=O)C(C)C. The van der Waals surface area contributed by atoms with Crippen LogP contribution in [0.4, 0.5) is 0 Å². The summed E-state index contributed by atoms with van der Waals surface area (Å²) < 4.78 is 16.9. The zero-order valence-corrected chi connectivity index (χ0v) is 10.5. The van der Waals surface area contributed by atoms with Gasteiger partial charge in [0.1, 0.15) is 5.75 Å². The highest BCUT2D eigenvalue weighted by Crippen LogP contribution is 2.22. The summed E-state index contributed by atoms with van der Waals surface area (Å²) in [6.45, 7) is 3.83. The molecule has 0 amide bonds. The van der Waals surface area contributed by atoms with Gasteiger partial charge in [-0.3, -0.25) is 4.21 Å². The molecule has 86 valence electrons. The Hall–Kier alpha value is -1.34. The number of hydrogen-bond donors (Lipinski definition) is 0. The van der Waals surface area contributed by atoms with Gasteiger partial charge >= 0.3 is 0 Å². The van der Waals surface area contributed by atoms with Crippen LogP contribution in [-0.4, -0.2) is 16.6 Å². The molecule has 1 aromatic rings. The van der Waals surface area contributed by atoms with Gasteiger partial charge in [-0.15, -0.1) is 0 Å². The standard InChI is InChI=1S/C12H15NO2S/c1-9(2)16(14)8-11-6-10(7-13)4-5-12(11)15-3/h4-6,9H,8H2,1-3H3. The Bertz CT molecular complexity index is 435. The van der Waals surface area contributed by atoms with Crippen molar-refractivity contribution in [2.24, 2.45) is 0 Å². The van der Waals surface area contributed by atoms with E-state index in [9.17, 15) is 4.21 Å². The molecule has 0 aliphatic rings. The first-order chi connectivity index (χ1) is 7.58. The first-order valence-corrected chi connectivity index (χ1v) is 6.41. The maximum absolute atomic E-state index is 11.8. The number of methoxy groups -OCH3 is 1. The molecule has 1 aromatic carbocycles. The highest BCUT2D eigenvalue weighted by molar-refractivity contribution is 7.84. The second-order valence-corrected chi connectivity index (χ2v) is 5.71. The summed E-state index contributed by atoms with van der Waals surface area (Å²) in [7, 11) is 0.638. The lowest BCUT2D eigenvalue weighted by Gasteiger charge is -2.10. The van der Waals surface area contributed by atoms with Gasteiger partial charge in [0.15, 0.2) is 0 Å². The third-order valence-electron chi connectivity index (χ3n) is 2.23. The molecule has 0 heterocycles. The van der Waals surface area contributed by atoms with Crippen LogP contribution in [0.15, 0.2) is 18.2 Å². The smallest absolute Gasteiger partial charge is 0.123 e.